The van der Waals surface area contributed by atoms with Gasteiger partial charge in [-0.2, -0.15) is 0 Å². The molecule has 1 aliphatic rings. The maximum Gasteiger partial charge on any atom is 0.573 e. The van der Waals surface area contributed by atoms with Gasteiger partial charge in [-0.3, -0.25) is 14.6 Å². The average molecular weight is 447 g/mol. The summed E-state index contributed by atoms with van der Waals surface area (Å²) in [7, 11) is 2.02. The summed E-state index contributed by atoms with van der Waals surface area (Å²) in [5.41, 5.74) is 2.51. The molecule has 1 aliphatic heterocycles. The van der Waals surface area contributed by atoms with Gasteiger partial charge in [0.05, 0.1) is 24.1 Å². The first-order valence-electron chi connectivity index (χ1n) is 10.3. The van der Waals surface area contributed by atoms with Crippen molar-refractivity contribution in [3.05, 3.63) is 54.4 Å². The van der Waals surface area contributed by atoms with Gasteiger partial charge in [0.15, 0.2) is 0 Å². The molecule has 1 amide bonds. The van der Waals surface area contributed by atoms with Gasteiger partial charge in [0.1, 0.15) is 11.6 Å². The Morgan fingerprint density at radius 3 is 2.34 bits per heavy atom. The van der Waals surface area contributed by atoms with Crippen molar-refractivity contribution >= 4 is 22.6 Å². The fourth-order valence-electron chi connectivity index (χ4n) is 3.79. The molecule has 0 radical (unpaired) electrons. The van der Waals surface area contributed by atoms with Crippen LogP contribution in [0.5, 0.6) is 5.75 Å². The third-order valence-electron chi connectivity index (χ3n) is 5.45. The molecule has 1 fully saturated rings. The maximum atomic E-state index is 12.3. The second-order valence-corrected chi connectivity index (χ2v) is 7.75. The van der Waals surface area contributed by atoms with Crippen LogP contribution in [0.15, 0.2) is 48.5 Å². The van der Waals surface area contributed by atoms with E-state index in [-0.39, 0.29) is 18.2 Å². The number of imidazole rings is 1. The van der Waals surface area contributed by atoms with E-state index in [1.54, 1.807) is 0 Å². The minimum atomic E-state index is -4.74. The molecule has 0 spiro atoms. The van der Waals surface area contributed by atoms with Crippen LogP contribution in [0.3, 0.4) is 0 Å². The van der Waals surface area contributed by atoms with Gasteiger partial charge in [-0.25, -0.2) is 4.98 Å². The van der Waals surface area contributed by atoms with E-state index in [2.05, 4.69) is 30.5 Å². The average Bonchev–Trinajstić information content (AvgIpc) is 3.05. The molecule has 0 bridgehead atoms. The number of piperazine rings is 1. The minimum Gasteiger partial charge on any atom is -0.406 e. The van der Waals surface area contributed by atoms with E-state index in [4.69, 9.17) is 4.98 Å². The first kappa shape index (κ1) is 22.1. The normalized spacial score (nSPS) is 15.8. The summed E-state index contributed by atoms with van der Waals surface area (Å²) >= 11 is 0. The Morgan fingerprint density at radius 1 is 1.03 bits per heavy atom. The molecule has 1 saturated heterocycles. The van der Waals surface area contributed by atoms with Gasteiger partial charge in [-0.1, -0.05) is 12.1 Å². The van der Waals surface area contributed by atoms with Gasteiger partial charge in [0.25, 0.3) is 0 Å². The molecule has 0 aliphatic carbocycles. The Balaban J connectivity index is 1.24. The SMILES string of the molecule is Cn1c(CN2CCN(CC(=O)Nc3ccc(OC(F)(F)F)cc3)CC2)nc2ccccc21. The highest BCUT2D eigenvalue weighted by atomic mass is 19.4. The summed E-state index contributed by atoms with van der Waals surface area (Å²) in [6.07, 6.45) is -4.74. The van der Waals surface area contributed by atoms with Gasteiger partial charge in [0, 0.05) is 38.9 Å². The number of fused-ring (bicyclic) bond motifs is 1. The summed E-state index contributed by atoms with van der Waals surface area (Å²) in [6, 6.07) is 13.1. The van der Waals surface area contributed by atoms with Crippen molar-refractivity contribution in [1.82, 2.24) is 19.4 Å². The van der Waals surface area contributed by atoms with Crippen molar-refractivity contribution < 1.29 is 22.7 Å². The van der Waals surface area contributed by atoms with Crippen LogP contribution in [-0.4, -0.2) is 64.3 Å². The van der Waals surface area contributed by atoms with Crippen LogP contribution in [-0.2, 0) is 18.4 Å². The molecule has 2 heterocycles. The number of ether oxygens (including phenoxy) is 1. The van der Waals surface area contributed by atoms with Gasteiger partial charge in [-0.05, 0) is 36.4 Å². The number of carbonyl (C=O) groups excluding carboxylic acids is 1. The first-order chi connectivity index (χ1) is 15.3. The van der Waals surface area contributed by atoms with Crippen molar-refractivity contribution in [3.63, 3.8) is 0 Å². The number of para-hydroxylation sites is 2. The second-order valence-electron chi connectivity index (χ2n) is 7.75. The molecule has 32 heavy (non-hydrogen) atoms. The molecule has 7 nitrogen and oxygen atoms in total. The highest BCUT2D eigenvalue weighted by Gasteiger charge is 2.31. The number of anilines is 1. The number of benzene rings is 2. The van der Waals surface area contributed by atoms with Gasteiger partial charge in [-0.15, -0.1) is 13.2 Å². The molecular formula is C22H24F3N5O2. The highest BCUT2D eigenvalue weighted by molar-refractivity contribution is 5.92. The predicted molar refractivity (Wildman–Crippen MR) is 114 cm³/mol. The first-order valence-corrected chi connectivity index (χ1v) is 10.3. The number of halogens is 3. The topological polar surface area (TPSA) is 62.6 Å². The van der Waals surface area contributed by atoms with E-state index in [0.29, 0.717) is 5.69 Å². The number of alkyl halides is 3. The Kier molecular flexibility index (Phi) is 6.33. The Hall–Kier alpha value is -3.11. The highest BCUT2D eigenvalue weighted by Crippen LogP contribution is 2.24. The molecule has 3 aromatic rings. The molecule has 2 aromatic carbocycles. The molecule has 1 aromatic heterocycles. The van der Waals surface area contributed by atoms with E-state index >= 15 is 0 Å². The summed E-state index contributed by atoms with van der Waals surface area (Å²) < 4.78 is 42.6. The third kappa shape index (κ3) is 5.57. The van der Waals surface area contributed by atoms with Crippen molar-refractivity contribution in [2.45, 2.75) is 12.9 Å². The number of hydrogen-bond acceptors (Lipinski definition) is 5. The van der Waals surface area contributed by atoms with E-state index in [1.807, 2.05) is 25.2 Å². The zero-order valence-electron chi connectivity index (χ0n) is 17.6. The predicted octanol–water partition coefficient (Wildman–Crippen LogP) is 3.23. The molecule has 0 saturated carbocycles. The lowest BCUT2D eigenvalue weighted by Gasteiger charge is -2.34. The van der Waals surface area contributed by atoms with Gasteiger partial charge >= 0.3 is 6.36 Å². The van der Waals surface area contributed by atoms with E-state index in [1.165, 1.54) is 24.3 Å². The van der Waals surface area contributed by atoms with E-state index in [9.17, 15) is 18.0 Å². The standard InChI is InChI=1S/C22H24F3N5O2/c1-28-19-5-3-2-4-18(19)27-20(28)14-29-10-12-30(13-11-29)15-21(31)26-16-6-8-17(9-7-16)32-22(23,24)25/h2-9H,10-15H2,1H3,(H,26,31). The van der Waals surface area contributed by atoms with Crippen LogP contribution in [0.1, 0.15) is 5.82 Å². The fraction of sp³-hybridized carbons (Fsp3) is 0.364. The Bertz CT molecular complexity index is 1070. The third-order valence-corrected chi connectivity index (χ3v) is 5.45. The lowest BCUT2D eigenvalue weighted by atomic mass is 10.3. The number of nitrogens with one attached hydrogen (secondary N) is 1. The number of nitrogens with zero attached hydrogens (tertiary/aromatic N) is 4. The fourth-order valence-corrected chi connectivity index (χ4v) is 3.79. The lowest BCUT2D eigenvalue weighted by molar-refractivity contribution is -0.274. The largest absolute Gasteiger partial charge is 0.573 e. The Morgan fingerprint density at radius 2 is 1.69 bits per heavy atom. The molecule has 0 unspecified atom stereocenters. The minimum absolute atomic E-state index is 0.210. The molecule has 170 valence electrons. The van der Waals surface area contributed by atoms with E-state index in [0.717, 1.165) is 49.6 Å². The number of carbonyl (C=O) groups is 1. The molecule has 10 heteroatoms. The second kappa shape index (κ2) is 9.17. The summed E-state index contributed by atoms with van der Waals surface area (Å²) in [4.78, 5) is 21.4. The van der Waals surface area contributed by atoms with Crippen LogP contribution in [0.4, 0.5) is 18.9 Å². The van der Waals surface area contributed by atoms with Crippen molar-refractivity contribution in [1.29, 1.82) is 0 Å². The van der Waals surface area contributed by atoms with Crippen LogP contribution in [0, 0.1) is 0 Å². The van der Waals surface area contributed by atoms with Crippen LogP contribution in [0.2, 0.25) is 0 Å². The number of aromatic nitrogens is 2. The molecule has 4 rings (SSSR count). The van der Waals surface area contributed by atoms with Gasteiger partial charge < -0.3 is 14.6 Å². The molecule has 1 N–H and O–H groups in total. The van der Waals surface area contributed by atoms with Crippen molar-refractivity contribution in [2.24, 2.45) is 7.05 Å². The van der Waals surface area contributed by atoms with Crippen LogP contribution < -0.4 is 10.1 Å². The lowest BCUT2D eigenvalue weighted by Crippen LogP contribution is -2.48. The summed E-state index contributed by atoms with van der Waals surface area (Å²) in [6.45, 7) is 4.10. The van der Waals surface area contributed by atoms with Crippen molar-refractivity contribution in [3.8, 4) is 5.75 Å². The summed E-state index contributed by atoms with van der Waals surface area (Å²) in [5.74, 6) is 0.473. The van der Waals surface area contributed by atoms with E-state index < -0.39 is 6.36 Å². The quantitative estimate of drug-likeness (QED) is 0.629. The number of aryl methyl sites for hydroxylation is 1. The smallest absolute Gasteiger partial charge is 0.406 e. The van der Waals surface area contributed by atoms with Gasteiger partial charge in [0.2, 0.25) is 5.91 Å². The number of hydrogen-bond donors (Lipinski definition) is 1. The van der Waals surface area contributed by atoms with Crippen LogP contribution in [0.25, 0.3) is 11.0 Å². The molecular weight excluding hydrogens is 423 g/mol. The number of amides is 1. The summed E-state index contributed by atoms with van der Waals surface area (Å²) in [5, 5.41) is 2.71. The number of rotatable bonds is 6. The zero-order chi connectivity index (χ0) is 22.7. The Labute approximate surface area is 183 Å². The molecule has 0 atom stereocenters. The zero-order valence-corrected chi connectivity index (χ0v) is 17.6. The van der Waals surface area contributed by atoms with Crippen molar-refractivity contribution in [2.75, 3.05) is 38.0 Å². The monoisotopic (exact) mass is 447 g/mol. The maximum absolute atomic E-state index is 12.3. The van der Waals surface area contributed by atoms with Crippen LogP contribution >= 0.6 is 0 Å².